The second-order valence-corrected chi connectivity index (χ2v) is 9.82. The van der Waals surface area contributed by atoms with Gasteiger partial charge in [-0.2, -0.15) is 5.26 Å². The van der Waals surface area contributed by atoms with Gasteiger partial charge in [-0.05, 0) is 63.3 Å². The molecule has 2 heterocycles. The van der Waals surface area contributed by atoms with E-state index >= 15 is 0 Å². The van der Waals surface area contributed by atoms with E-state index in [9.17, 15) is 9.59 Å². The molecule has 2 aromatic rings. The molecule has 0 radical (unpaired) electrons. The van der Waals surface area contributed by atoms with E-state index < -0.39 is 0 Å². The Balaban J connectivity index is 1.50. The molecule has 2 aliphatic rings. The molecule has 2 atom stereocenters. The third kappa shape index (κ3) is 5.30. The number of carbonyl (C=O) groups is 2. The normalized spacial score (nSPS) is 20.6. The number of pyridine rings is 1. The van der Waals surface area contributed by atoms with E-state index in [-0.39, 0.29) is 35.7 Å². The number of para-hydroxylation sites is 1. The maximum atomic E-state index is 13.0. The monoisotopic (exact) mass is 461 g/mol. The second kappa shape index (κ2) is 9.72. The molecule has 1 fully saturated rings. The summed E-state index contributed by atoms with van der Waals surface area (Å²) in [5, 5.41) is 18.0. The van der Waals surface area contributed by atoms with E-state index in [1.54, 1.807) is 6.20 Å². The van der Waals surface area contributed by atoms with Crippen molar-refractivity contribution in [2.45, 2.75) is 64.5 Å². The summed E-state index contributed by atoms with van der Waals surface area (Å²) in [6.07, 6.45) is 4.58. The van der Waals surface area contributed by atoms with Crippen LogP contribution in [-0.4, -0.2) is 35.0 Å². The molecule has 1 aliphatic carbocycles. The van der Waals surface area contributed by atoms with Gasteiger partial charge >= 0.3 is 0 Å². The van der Waals surface area contributed by atoms with E-state index in [4.69, 9.17) is 10.00 Å². The maximum absolute atomic E-state index is 13.0. The summed E-state index contributed by atoms with van der Waals surface area (Å²) >= 11 is 0. The van der Waals surface area contributed by atoms with Gasteiger partial charge in [0.25, 0.3) is 0 Å². The summed E-state index contributed by atoms with van der Waals surface area (Å²) < 4.78 is 6.13. The lowest BCUT2D eigenvalue weighted by Gasteiger charge is -2.34. The highest BCUT2D eigenvalue weighted by Crippen LogP contribution is 2.42. The van der Waals surface area contributed by atoms with Gasteiger partial charge < -0.3 is 20.7 Å². The van der Waals surface area contributed by atoms with Gasteiger partial charge in [-0.25, -0.2) is 4.98 Å². The van der Waals surface area contributed by atoms with Crippen LogP contribution in [0.4, 0.5) is 11.5 Å². The Bertz CT molecular complexity index is 1140. The summed E-state index contributed by atoms with van der Waals surface area (Å²) in [7, 11) is 0. The molecule has 34 heavy (non-hydrogen) atoms. The number of nitriles is 1. The Morgan fingerprint density at radius 2 is 2.12 bits per heavy atom. The largest absolute Gasteiger partial charge is 0.488 e. The number of amides is 2. The number of nitrogens with one attached hydrogen (secondary N) is 3. The first-order valence-electron chi connectivity index (χ1n) is 11.7. The lowest BCUT2D eigenvalue weighted by Crippen LogP contribution is -2.41. The van der Waals surface area contributed by atoms with Crippen LogP contribution in [0, 0.1) is 24.2 Å². The Kier molecular flexibility index (Phi) is 6.73. The molecular weight excluding hydrogens is 430 g/mol. The van der Waals surface area contributed by atoms with Gasteiger partial charge in [0.1, 0.15) is 24.6 Å². The molecule has 4 rings (SSSR count). The quantitative estimate of drug-likeness (QED) is 0.615. The van der Waals surface area contributed by atoms with Crippen molar-refractivity contribution in [1.29, 1.82) is 5.26 Å². The Hall–Kier alpha value is -3.60. The lowest BCUT2D eigenvalue weighted by atomic mass is 9.85. The Morgan fingerprint density at radius 1 is 1.29 bits per heavy atom. The second-order valence-electron chi connectivity index (χ2n) is 9.82. The summed E-state index contributed by atoms with van der Waals surface area (Å²) in [6, 6.07) is 9.68. The van der Waals surface area contributed by atoms with Crippen LogP contribution in [0.1, 0.15) is 51.5 Å². The molecule has 8 nitrogen and oxygen atoms in total. The van der Waals surface area contributed by atoms with E-state index in [1.165, 1.54) is 0 Å². The zero-order valence-electron chi connectivity index (χ0n) is 19.9. The zero-order valence-corrected chi connectivity index (χ0v) is 19.9. The first-order valence-corrected chi connectivity index (χ1v) is 11.7. The van der Waals surface area contributed by atoms with Crippen molar-refractivity contribution < 1.29 is 14.3 Å². The van der Waals surface area contributed by atoms with Crippen LogP contribution in [0.3, 0.4) is 0 Å². The topological polar surface area (TPSA) is 116 Å². The predicted molar refractivity (Wildman–Crippen MR) is 130 cm³/mol. The van der Waals surface area contributed by atoms with Crippen LogP contribution in [0.15, 0.2) is 30.5 Å². The number of hydrogen-bond acceptors (Lipinski definition) is 6. The highest BCUT2D eigenvalue weighted by Gasteiger charge is 2.30. The summed E-state index contributed by atoms with van der Waals surface area (Å²) in [5.41, 5.74) is 3.69. The molecule has 1 saturated carbocycles. The number of anilines is 2. The van der Waals surface area contributed by atoms with Crippen molar-refractivity contribution in [3.63, 3.8) is 0 Å². The van der Waals surface area contributed by atoms with Gasteiger partial charge in [0, 0.05) is 23.7 Å². The van der Waals surface area contributed by atoms with E-state index in [1.807, 2.05) is 37.3 Å². The SMILES string of the molecule is Cc1cnc(NC(=O)[C@H]2CCC[C@@H](NC(=O)CC#N)C2)cc1-c1cccc2c1OCC(C)(C)N2. The van der Waals surface area contributed by atoms with Gasteiger partial charge in [0.2, 0.25) is 11.8 Å². The van der Waals surface area contributed by atoms with Gasteiger partial charge in [0.05, 0.1) is 17.3 Å². The first kappa shape index (κ1) is 23.6. The van der Waals surface area contributed by atoms with Gasteiger partial charge in [-0.1, -0.05) is 18.6 Å². The van der Waals surface area contributed by atoms with Crippen LogP contribution in [0.2, 0.25) is 0 Å². The molecule has 0 bridgehead atoms. The summed E-state index contributed by atoms with van der Waals surface area (Å²) in [4.78, 5) is 29.2. The molecule has 1 aliphatic heterocycles. The number of carbonyl (C=O) groups excluding carboxylic acids is 2. The van der Waals surface area contributed by atoms with Gasteiger partial charge in [-0.15, -0.1) is 0 Å². The molecule has 0 saturated heterocycles. The number of fused-ring (bicyclic) bond motifs is 1. The molecule has 0 unspecified atom stereocenters. The van der Waals surface area contributed by atoms with Crippen molar-refractivity contribution >= 4 is 23.3 Å². The van der Waals surface area contributed by atoms with E-state index in [0.29, 0.717) is 18.8 Å². The fraction of sp³-hybridized carbons (Fsp3) is 0.462. The molecule has 1 aromatic heterocycles. The van der Waals surface area contributed by atoms with Crippen molar-refractivity contribution in [2.24, 2.45) is 5.92 Å². The third-order valence-corrected chi connectivity index (χ3v) is 6.36. The molecule has 0 spiro atoms. The predicted octanol–water partition coefficient (Wildman–Crippen LogP) is 4.17. The van der Waals surface area contributed by atoms with Crippen molar-refractivity contribution in [1.82, 2.24) is 10.3 Å². The first-order chi connectivity index (χ1) is 16.3. The van der Waals surface area contributed by atoms with Gasteiger partial charge in [-0.3, -0.25) is 9.59 Å². The molecular formula is C26H31N5O3. The van der Waals surface area contributed by atoms with Gasteiger partial charge in [0.15, 0.2) is 0 Å². The molecule has 2 amide bonds. The zero-order chi connectivity index (χ0) is 24.3. The van der Waals surface area contributed by atoms with Crippen molar-refractivity contribution in [3.05, 3.63) is 36.0 Å². The fourth-order valence-corrected chi connectivity index (χ4v) is 4.68. The minimum absolute atomic E-state index is 0.0865. The van der Waals surface area contributed by atoms with Crippen LogP contribution >= 0.6 is 0 Å². The van der Waals surface area contributed by atoms with E-state index in [2.05, 4.69) is 34.8 Å². The molecule has 1 aromatic carbocycles. The number of aryl methyl sites for hydroxylation is 1. The number of ether oxygens (including phenoxy) is 1. The van der Waals surface area contributed by atoms with E-state index in [0.717, 1.165) is 47.4 Å². The van der Waals surface area contributed by atoms with Crippen molar-refractivity contribution in [2.75, 3.05) is 17.2 Å². The van der Waals surface area contributed by atoms with Crippen LogP contribution in [0.25, 0.3) is 11.1 Å². The number of aromatic nitrogens is 1. The summed E-state index contributed by atoms with van der Waals surface area (Å²) in [5.74, 6) is 0.687. The lowest BCUT2D eigenvalue weighted by molar-refractivity contribution is -0.124. The number of rotatable bonds is 5. The Labute approximate surface area is 200 Å². The maximum Gasteiger partial charge on any atom is 0.234 e. The average molecular weight is 462 g/mol. The average Bonchev–Trinajstić information content (AvgIpc) is 2.79. The van der Waals surface area contributed by atoms with Crippen molar-refractivity contribution in [3.8, 4) is 22.9 Å². The highest BCUT2D eigenvalue weighted by molar-refractivity contribution is 5.93. The molecule has 8 heteroatoms. The molecule has 3 N–H and O–H groups in total. The van der Waals surface area contributed by atoms with Crippen LogP contribution in [-0.2, 0) is 9.59 Å². The standard InChI is InChI=1S/C26H31N5O3/c1-16-14-28-22(30-25(33)17-6-4-7-18(12-17)29-23(32)10-11-27)13-20(16)19-8-5-9-21-24(19)34-15-26(2,3)31-21/h5,8-9,13-14,17-18,31H,4,6-7,10,12,15H2,1-3H3,(H,29,32)(H,28,30,33)/t17-,18+/m0/s1. The molecule has 178 valence electrons. The van der Waals surface area contributed by atoms with Crippen LogP contribution < -0.4 is 20.7 Å². The highest BCUT2D eigenvalue weighted by atomic mass is 16.5. The minimum atomic E-state index is -0.287. The Morgan fingerprint density at radius 3 is 2.91 bits per heavy atom. The number of benzene rings is 1. The fourth-order valence-electron chi connectivity index (χ4n) is 4.68. The van der Waals surface area contributed by atoms with Crippen LogP contribution in [0.5, 0.6) is 5.75 Å². The summed E-state index contributed by atoms with van der Waals surface area (Å²) in [6.45, 7) is 6.74. The minimum Gasteiger partial charge on any atom is -0.488 e. The smallest absolute Gasteiger partial charge is 0.234 e. The third-order valence-electron chi connectivity index (χ3n) is 6.36. The number of nitrogens with zero attached hydrogens (tertiary/aromatic N) is 2. The number of hydrogen-bond donors (Lipinski definition) is 3.